The second kappa shape index (κ2) is 5.34. The Kier molecular flexibility index (Phi) is 3.61. The van der Waals surface area contributed by atoms with Gasteiger partial charge in [0.05, 0.1) is 24.7 Å². The number of benzene rings is 1. The lowest BCUT2D eigenvalue weighted by Crippen LogP contribution is -2.28. The number of pyridine rings is 1. The lowest BCUT2D eigenvalue weighted by atomic mass is 10.1. The minimum Gasteiger partial charge on any atom is -0.480 e. The Labute approximate surface area is 109 Å². The van der Waals surface area contributed by atoms with Crippen LogP contribution in [-0.4, -0.2) is 35.6 Å². The highest BCUT2D eigenvalue weighted by Crippen LogP contribution is 2.22. The third kappa shape index (κ3) is 2.79. The number of carbonyl (C=O) groups is 2. The number of fused-ring (bicyclic) bond motifs is 1. The van der Waals surface area contributed by atoms with E-state index >= 15 is 0 Å². The monoisotopic (exact) mass is 260 g/mol. The number of methoxy groups -OCH3 is 1. The van der Waals surface area contributed by atoms with Gasteiger partial charge in [-0.05, 0) is 12.1 Å². The Bertz CT molecular complexity index is 640. The molecule has 0 aliphatic heterocycles. The Morgan fingerprint density at radius 2 is 2.11 bits per heavy atom. The topological polar surface area (TPSA) is 88.5 Å². The van der Waals surface area contributed by atoms with E-state index in [-0.39, 0.29) is 18.0 Å². The van der Waals surface area contributed by atoms with Crippen LogP contribution in [0.15, 0.2) is 30.3 Å². The molecule has 2 N–H and O–H groups in total. The van der Waals surface area contributed by atoms with Crippen molar-refractivity contribution in [1.82, 2.24) is 10.3 Å². The van der Waals surface area contributed by atoms with E-state index in [2.05, 4.69) is 4.98 Å². The first-order valence-electron chi connectivity index (χ1n) is 5.55. The molecule has 0 fully saturated rings. The summed E-state index contributed by atoms with van der Waals surface area (Å²) in [5, 5.41) is 11.3. The standard InChI is InChI=1S/C13H12N2O4/c1-19-12-9(11(16)7-14-13(17)18)6-8-4-2-3-5-10(8)15-12/h2-6,14H,7H2,1H3,(H,17,18). The molecule has 0 spiro atoms. The highest BCUT2D eigenvalue weighted by atomic mass is 16.5. The molecule has 0 atom stereocenters. The summed E-state index contributed by atoms with van der Waals surface area (Å²) in [6, 6.07) is 8.94. The fourth-order valence-corrected chi connectivity index (χ4v) is 1.70. The van der Waals surface area contributed by atoms with Gasteiger partial charge >= 0.3 is 6.09 Å². The quantitative estimate of drug-likeness (QED) is 0.817. The maximum atomic E-state index is 11.9. The molecule has 0 aliphatic carbocycles. The molecule has 2 aromatic rings. The van der Waals surface area contributed by atoms with E-state index in [0.717, 1.165) is 5.39 Å². The van der Waals surface area contributed by atoms with E-state index in [1.54, 1.807) is 6.07 Å². The number of para-hydroxylation sites is 1. The maximum Gasteiger partial charge on any atom is 0.405 e. The number of amides is 1. The smallest absolute Gasteiger partial charge is 0.405 e. The van der Waals surface area contributed by atoms with E-state index in [1.807, 2.05) is 29.6 Å². The van der Waals surface area contributed by atoms with Gasteiger partial charge in [-0.15, -0.1) is 0 Å². The summed E-state index contributed by atoms with van der Waals surface area (Å²) in [5.74, 6) is -0.201. The summed E-state index contributed by atoms with van der Waals surface area (Å²) in [6.45, 7) is -0.314. The number of nitrogens with one attached hydrogen (secondary N) is 1. The Hall–Kier alpha value is -2.63. The molecule has 0 unspecified atom stereocenters. The molecule has 0 saturated heterocycles. The van der Waals surface area contributed by atoms with Crippen molar-refractivity contribution < 1.29 is 19.4 Å². The van der Waals surface area contributed by atoms with E-state index in [9.17, 15) is 9.59 Å². The van der Waals surface area contributed by atoms with Gasteiger partial charge in [-0.3, -0.25) is 4.79 Å². The molecule has 6 heteroatoms. The predicted molar refractivity (Wildman–Crippen MR) is 68.7 cm³/mol. The Morgan fingerprint density at radius 3 is 2.79 bits per heavy atom. The number of ketones is 1. The fraction of sp³-hybridized carbons (Fsp3) is 0.154. The molecule has 1 aromatic heterocycles. The van der Waals surface area contributed by atoms with Crippen LogP contribution in [-0.2, 0) is 0 Å². The molecule has 0 saturated carbocycles. The van der Waals surface area contributed by atoms with Crippen LogP contribution in [0.1, 0.15) is 10.4 Å². The van der Waals surface area contributed by atoms with Crippen molar-refractivity contribution in [2.24, 2.45) is 0 Å². The Morgan fingerprint density at radius 1 is 1.37 bits per heavy atom. The van der Waals surface area contributed by atoms with E-state index in [1.165, 1.54) is 7.11 Å². The Balaban J connectivity index is 2.40. The summed E-state index contributed by atoms with van der Waals surface area (Å²) in [4.78, 5) is 26.5. The number of hydrogen-bond acceptors (Lipinski definition) is 4. The van der Waals surface area contributed by atoms with Crippen LogP contribution >= 0.6 is 0 Å². The van der Waals surface area contributed by atoms with Crippen LogP contribution in [0.3, 0.4) is 0 Å². The molecule has 0 radical (unpaired) electrons. The summed E-state index contributed by atoms with van der Waals surface area (Å²) in [5.41, 5.74) is 0.969. The average Bonchev–Trinajstić information content (AvgIpc) is 2.43. The van der Waals surface area contributed by atoms with Crippen LogP contribution in [0.5, 0.6) is 5.88 Å². The van der Waals surface area contributed by atoms with Crippen molar-refractivity contribution in [3.63, 3.8) is 0 Å². The van der Waals surface area contributed by atoms with Gasteiger partial charge in [0.15, 0.2) is 5.78 Å². The van der Waals surface area contributed by atoms with Crippen molar-refractivity contribution in [2.75, 3.05) is 13.7 Å². The van der Waals surface area contributed by atoms with Crippen molar-refractivity contribution in [2.45, 2.75) is 0 Å². The molecule has 0 aliphatic rings. The molecular formula is C13H12N2O4. The molecule has 2 rings (SSSR count). The van der Waals surface area contributed by atoms with Gasteiger partial charge in [0.1, 0.15) is 0 Å². The molecule has 0 bridgehead atoms. The lowest BCUT2D eigenvalue weighted by molar-refractivity contribution is 0.0983. The van der Waals surface area contributed by atoms with Crippen LogP contribution in [0.2, 0.25) is 0 Å². The number of aromatic nitrogens is 1. The second-order valence-corrected chi connectivity index (χ2v) is 3.82. The highest BCUT2D eigenvalue weighted by molar-refractivity contribution is 6.03. The molecule has 1 aromatic carbocycles. The van der Waals surface area contributed by atoms with Gasteiger partial charge in [-0.25, -0.2) is 9.78 Å². The number of hydrogen-bond donors (Lipinski definition) is 2. The minimum absolute atomic E-state index is 0.191. The van der Waals surface area contributed by atoms with Gasteiger partial charge in [0.25, 0.3) is 0 Å². The number of Topliss-reactive ketones (excluding diaryl/α,β-unsaturated/α-hetero) is 1. The van der Waals surface area contributed by atoms with Crippen LogP contribution in [0.25, 0.3) is 10.9 Å². The van der Waals surface area contributed by atoms with Crippen molar-refractivity contribution in [1.29, 1.82) is 0 Å². The van der Waals surface area contributed by atoms with Crippen LogP contribution in [0, 0.1) is 0 Å². The van der Waals surface area contributed by atoms with Gasteiger partial charge < -0.3 is 15.2 Å². The van der Waals surface area contributed by atoms with Crippen molar-refractivity contribution in [3.8, 4) is 5.88 Å². The van der Waals surface area contributed by atoms with Gasteiger partial charge in [-0.2, -0.15) is 0 Å². The molecule has 98 valence electrons. The zero-order valence-corrected chi connectivity index (χ0v) is 10.2. The number of rotatable bonds is 4. The summed E-state index contributed by atoms with van der Waals surface area (Å²) < 4.78 is 5.07. The van der Waals surface area contributed by atoms with Crippen LogP contribution < -0.4 is 10.1 Å². The first-order valence-corrected chi connectivity index (χ1v) is 5.55. The predicted octanol–water partition coefficient (Wildman–Crippen LogP) is 1.69. The molecule has 1 amide bonds. The van der Waals surface area contributed by atoms with Gasteiger partial charge in [0, 0.05) is 5.39 Å². The summed E-state index contributed by atoms with van der Waals surface area (Å²) >= 11 is 0. The molecule has 19 heavy (non-hydrogen) atoms. The molecule has 6 nitrogen and oxygen atoms in total. The lowest BCUT2D eigenvalue weighted by Gasteiger charge is -2.08. The summed E-state index contributed by atoms with van der Waals surface area (Å²) in [7, 11) is 1.42. The van der Waals surface area contributed by atoms with Crippen molar-refractivity contribution >= 4 is 22.8 Å². The minimum atomic E-state index is -1.25. The fourth-order valence-electron chi connectivity index (χ4n) is 1.70. The zero-order chi connectivity index (χ0) is 13.8. The normalized spacial score (nSPS) is 10.2. The van der Waals surface area contributed by atoms with E-state index in [4.69, 9.17) is 9.84 Å². The third-order valence-corrected chi connectivity index (χ3v) is 2.58. The third-order valence-electron chi connectivity index (χ3n) is 2.58. The second-order valence-electron chi connectivity index (χ2n) is 3.82. The van der Waals surface area contributed by atoms with E-state index < -0.39 is 11.9 Å². The first-order chi connectivity index (χ1) is 9.11. The SMILES string of the molecule is COc1nc2ccccc2cc1C(=O)CNC(=O)O. The van der Waals surface area contributed by atoms with E-state index in [0.29, 0.717) is 5.52 Å². The average molecular weight is 260 g/mol. The number of ether oxygens (including phenoxy) is 1. The number of nitrogens with zero attached hydrogens (tertiary/aromatic N) is 1. The molecule has 1 heterocycles. The molecular weight excluding hydrogens is 248 g/mol. The van der Waals surface area contributed by atoms with Crippen molar-refractivity contribution in [3.05, 3.63) is 35.9 Å². The van der Waals surface area contributed by atoms with Gasteiger partial charge in [0.2, 0.25) is 5.88 Å². The first kappa shape index (κ1) is 12.8. The maximum absolute atomic E-state index is 11.9. The highest BCUT2D eigenvalue weighted by Gasteiger charge is 2.15. The number of carboxylic acid groups (broad SMARTS) is 1. The summed E-state index contributed by atoms with van der Waals surface area (Å²) in [6.07, 6.45) is -1.25. The zero-order valence-electron chi connectivity index (χ0n) is 10.2. The van der Waals surface area contributed by atoms with Gasteiger partial charge in [-0.1, -0.05) is 18.2 Å². The number of carbonyl (C=O) groups excluding carboxylic acids is 1. The largest absolute Gasteiger partial charge is 0.480 e. The van der Waals surface area contributed by atoms with Crippen LogP contribution in [0.4, 0.5) is 4.79 Å².